The summed E-state index contributed by atoms with van der Waals surface area (Å²) in [5.41, 5.74) is 1.78. The van der Waals surface area contributed by atoms with Crippen molar-refractivity contribution in [2.75, 3.05) is 6.61 Å². The van der Waals surface area contributed by atoms with Crippen LogP contribution in [0.3, 0.4) is 0 Å². The summed E-state index contributed by atoms with van der Waals surface area (Å²) in [4.78, 5) is 26.6. The van der Waals surface area contributed by atoms with Gasteiger partial charge in [0.2, 0.25) is 5.82 Å². The van der Waals surface area contributed by atoms with E-state index >= 15 is 0 Å². The number of fused-ring (bicyclic) bond motifs is 1. The average Bonchev–Trinajstić information content (AvgIpc) is 2.68. The Morgan fingerprint density at radius 1 is 1.50 bits per heavy atom. The fourth-order valence-corrected chi connectivity index (χ4v) is 1.84. The number of hydrogen-bond acceptors (Lipinski definition) is 5. The van der Waals surface area contributed by atoms with Crippen molar-refractivity contribution >= 4 is 17.4 Å². The predicted molar refractivity (Wildman–Crippen MR) is 65.7 cm³/mol. The first kappa shape index (κ1) is 12.2. The van der Waals surface area contributed by atoms with E-state index in [-0.39, 0.29) is 12.2 Å². The molecule has 6 heteroatoms. The van der Waals surface area contributed by atoms with Crippen LogP contribution in [0.4, 0.5) is 5.82 Å². The molecule has 2 rings (SSSR count). The van der Waals surface area contributed by atoms with Crippen molar-refractivity contribution in [2.24, 2.45) is 5.18 Å². The zero-order chi connectivity index (χ0) is 13.1. The van der Waals surface area contributed by atoms with Crippen LogP contribution in [0.25, 0.3) is 5.65 Å². The Hall–Kier alpha value is -2.24. The smallest absolute Gasteiger partial charge is 0.312 e. The maximum atomic E-state index is 11.4. The van der Waals surface area contributed by atoms with E-state index in [1.165, 1.54) is 0 Å². The first-order chi connectivity index (χ1) is 8.67. The Bertz CT molecular complexity index is 604. The molecule has 0 N–H and O–H groups in total. The second kappa shape index (κ2) is 4.95. The summed E-state index contributed by atoms with van der Waals surface area (Å²) in [7, 11) is 0. The van der Waals surface area contributed by atoms with Crippen LogP contribution in [0, 0.1) is 11.8 Å². The van der Waals surface area contributed by atoms with Crippen LogP contribution in [0.1, 0.15) is 18.3 Å². The highest BCUT2D eigenvalue weighted by Crippen LogP contribution is 2.23. The van der Waals surface area contributed by atoms with E-state index in [1.807, 2.05) is 19.1 Å². The lowest BCUT2D eigenvalue weighted by atomic mass is 10.3. The summed E-state index contributed by atoms with van der Waals surface area (Å²) in [5, 5.41) is 2.98. The molecule has 0 aliphatic rings. The third kappa shape index (κ3) is 2.09. The number of carbonyl (C=O) groups is 1. The molecule has 6 nitrogen and oxygen atoms in total. The molecule has 0 atom stereocenters. The minimum Gasteiger partial charge on any atom is -0.466 e. The molecule has 94 valence electrons. The monoisotopic (exact) mass is 247 g/mol. The number of rotatable bonds is 4. The van der Waals surface area contributed by atoms with Gasteiger partial charge in [-0.05, 0) is 31.2 Å². The molecular weight excluding hydrogens is 234 g/mol. The zero-order valence-electron chi connectivity index (χ0n) is 10.2. The Morgan fingerprint density at radius 2 is 2.28 bits per heavy atom. The van der Waals surface area contributed by atoms with Crippen molar-refractivity contribution in [3.63, 3.8) is 0 Å². The second-order valence-corrected chi connectivity index (χ2v) is 3.82. The second-order valence-electron chi connectivity index (χ2n) is 3.82. The van der Waals surface area contributed by atoms with Crippen LogP contribution in [-0.2, 0) is 16.0 Å². The van der Waals surface area contributed by atoms with Crippen molar-refractivity contribution in [2.45, 2.75) is 20.3 Å². The number of imidazole rings is 1. The number of nitroso groups, excluding NO2 is 1. The molecule has 18 heavy (non-hydrogen) atoms. The van der Waals surface area contributed by atoms with Crippen molar-refractivity contribution in [1.29, 1.82) is 0 Å². The first-order valence-corrected chi connectivity index (χ1v) is 5.63. The van der Waals surface area contributed by atoms with Crippen LogP contribution in [0.2, 0.25) is 0 Å². The molecule has 2 aromatic rings. The molecule has 0 bridgehead atoms. The van der Waals surface area contributed by atoms with Gasteiger partial charge in [0, 0.05) is 5.69 Å². The summed E-state index contributed by atoms with van der Waals surface area (Å²) in [5.74, 6) is -0.250. The number of carbonyl (C=O) groups excluding carboxylic acids is 1. The summed E-state index contributed by atoms with van der Waals surface area (Å²) >= 11 is 0. The van der Waals surface area contributed by atoms with Gasteiger partial charge in [0.1, 0.15) is 11.3 Å². The average molecular weight is 247 g/mol. The Labute approximate surface area is 104 Å². The highest BCUT2D eigenvalue weighted by Gasteiger charge is 2.17. The fraction of sp³-hybridized carbons (Fsp3) is 0.333. The van der Waals surface area contributed by atoms with Crippen molar-refractivity contribution < 1.29 is 9.53 Å². The van der Waals surface area contributed by atoms with Gasteiger partial charge in [0.25, 0.3) is 0 Å². The number of esters is 1. The highest BCUT2D eigenvalue weighted by molar-refractivity contribution is 5.74. The summed E-state index contributed by atoms with van der Waals surface area (Å²) in [6, 6.07) is 5.44. The van der Waals surface area contributed by atoms with Gasteiger partial charge in [-0.2, -0.15) is 0 Å². The molecule has 2 aromatic heterocycles. The van der Waals surface area contributed by atoms with Gasteiger partial charge in [-0.3, -0.25) is 9.20 Å². The molecule has 0 aliphatic heterocycles. The highest BCUT2D eigenvalue weighted by atomic mass is 16.5. The first-order valence-electron chi connectivity index (χ1n) is 5.63. The maximum Gasteiger partial charge on any atom is 0.312 e. The van der Waals surface area contributed by atoms with Gasteiger partial charge >= 0.3 is 5.97 Å². The van der Waals surface area contributed by atoms with Crippen LogP contribution in [-0.4, -0.2) is 22.0 Å². The van der Waals surface area contributed by atoms with E-state index < -0.39 is 5.97 Å². The van der Waals surface area contributed by atoms with Crippen LogP contribution < -0.4 is 0 Å². The zero-order valence-corrected chi connectivity index (χ0v) is 10.2. The van der Waals surface area contributed by atoms with Crippen molar-refractivity contribution in [3.05, 3.63) is 34.5 Å². The van der Waals surface area contributed by atoms with Crippen LogP contribution in [0.5, 0.6) is 0 Å². The lowest BCUT2D eigenvalue weighted by Gasteiger charge is -2.00. The molecule has 0 aliphatic carbocycles. The lowest BCUT2D eigenvalue weighted by Crippen LogP contribution is -2.07. The summed E-state index contributed by atoms with van der Waals surface area (Å²) in [6.45, 7) is 3.87. The standard InChI is InChI=1S/C12H13N3O3/c1-3-18-11(16)7-9-12(14-17)15-8(2)5-4-6-10(15)13-9/h4-6H,3,7H2,1-2H3. The maximum absolute atomic E-state index is 11.4. The van der Waals surface area contributed by atoms with Crippen LogP contribution in [0.15, 0.2) is 23.4 Å². The molecule has 2 heterocycles. The van der Waals surface area contributed by atoms with E-state index in [2.05, 4.69) is 10.2 Å². The van der Waals surface area contributed by atoms with Gasteiger partial charge in [-0.15, -0.1) is 4.91 Å². The van der Waals surface area contributed by atoms with Gasteiger partial charge < -0.3 is 4.74 Å². The van der Waals surface area contributed by atoms with E-state index in [0.29, 0.717) is 17.9 Å². The van der Waals surface area contributed by atoms with Crippen LogP contribution >= 0.6 is 0 Å². The third-order valence-corrected chi connectivity index (χ3v) is 2.59. The largest absolute Gasteiger partial charge is 0.466 e. The number of ether oxygens (including phenoxy) is 1. The quantitative estimate of drug-likeness (QED) is 0.613. The third-order valence-electron chi connectivity index (χ3n) is 2.59. The molecule has 0 unspecified atom stereocenters. The SMILES string of the molecule is CCOC(=O)Cc1nc2cccc(C)n2c1N=O. The molecule has 0 saturated heterocycles. The van der Waals surface area contributed by atoms with Gasteiger partial charge in [-0.1, -0.05) is 6.07 Å². The van der Waals surface area contributed by atoms with E-state index in [1.54, 1.807) is 17.4 Å². The Morgan fingerprint density at radius 3 is 2.94 bits per heavy atom. The molecule has 0 fully saturated rings. The topological polar surface area (TPSA) is 73.0 Å². The Kier molecular flexibility index (Phi) is 3.36. The molecule has 0 radical (unpaired) electrons. The van der Waals surface area contributed by atoms with Crippen molar-refractivity contribution in [3.8, 4) is 0 Å². The fourth-order valence-electron chi connectivity index (χ4n) is 1.84. The van der Waals surface area contributed by atoms with Gasteiger partial charge in [0.05, 0.1) is 13.0 Å². The van der Waals surface area contributed by atoms with E-state index in [0.717, 1.165) is 5.69 Å². The molecule has 0 saturated carbocycles. The molecular formula is C12H13N3O3. The van der Waals surface area contributed by atoms with Gasteiger partial charge in [0.15, 0.2) is 0 Å². The number of hydrogen-bond donors (Lipinski definition) is 0. The predicted octanol–water partition coefficient (Wildman–Crippen LogP) is 2.15. The number of aromatic nitrogens is 2. The minimum atomic E-state index is -0.413. The lowest BCUT2D eigenvalue weighted by molar-refractivity contribution is -0.142. The Balaban J connectivity index is 2.48. The van der Waals surface area contributed by atoms with E-state index in [9.17, 15) is 9.70 Å². The summed E-state index contributed by atoms with van der Waals surface area (Å²) in [6.07, 6.45) is -0.0456. The minimum absolute atomic E-state index is 0.0456. The molecule has 0 spiro atoms. The number of nitrogens with zero attached hydrogens (tertiary/aromatic N) is 3. The number of pyridine rings is 1. The normalized spacial score (nSPS) is 10.6. The molecule has 0 amide bonds. The van der Waals surface area contributed by atoms with E-state index in [4.69, 9.17) is 4.74 Å². The summed E-state index contributed by atoms with van der Waals surface area (Å²) < 4.78 is 6.47. The molecule has 0 aromatic carbocycles. The van der Waals surface area contributed by atoms with Gasteiger partial charge in [-0.25, -0.2) is 4.98 Å². The number of aryl methyl sites for hydroxylation is 1. The van der Waals surface area contributed by atoms with Crippen molar-refractivity contribution in [1.82, 2.24) is 9.38 Å².